The zero-order valence-corrected chi connectivity index (χ0v) is 14.7. The Kier molecular flexibility index (Phi) is 4.74. The molecule has 5 heteroatoms. The van der Waals surface area contributed by atoms with Crippen LogP contribution >= 0.6 is 0 Å². The molecular weight excluding hydrogens is 329 g/mol. The van der Waals surface area contributed by atoms with Crippen LogP contribution in [0, 0.1) is 5.82 Å². The van der Waals surface area contributed by atoms with Crippen LogP contribution in [0.1, 0.15) is 24.0 Å². The fourth-order valence-electron chi connectivity index (χ4n) is 4.13. The summed E-state index contributed by atoms with van der Waals surface area (Å²) in [6.45, 7) is 2.02. The van der Waals surface area contributed by atoms with Gasteiger partial charge >= 0.3 is 0 Å². The third-order valence-corrected chi connectivity index (χ3v) is 5.52. The second-order valence-corrected chi connectivity index (χ2v) is 7.18. The highest BCUT2D eigenvalue weighted by molar-refractivity contribution is 5.85. The third-order valence-electron chi connectivity index (χ3n) is 5.52. The predicted molar refractivity (Wildman–Crippen MR) is 98.9 cm³/mol. The molecule has 0 radical (unpaired) electrons. The first kappa shape index (κ1) is 17.2. The van der Waals surface area contributed by atoms with Gasteiger partial charge in [-0.05, 0) is 44.0 Å². The first-order chi connectivity index (χ1) is 12.7. The minimum absolute atomic E-state index is 0.0685. The molecule has 2 aromatic rings. The van der Waals surface area contributed by atoms with Crippen molar-refractivity contribution >= 4 is 5.91 Å². The van der Waals surface area contributed by atoms with Gasteiger partial charge in [0, 0.05) is 5.56 Å². The molecule has 2 aliphatic rings. The summed E-state index contributed by atoms with van der Waals surface area (Å²) in [5.41, 5.74) is 1.32. The molecule has 1 atom stereocenters. The van der Waals surface area contributed by atoms with Crippen molar-refractivity contribution in [3.8, 4) is 0 Å². The fraction of sp³-hybridized carbons (Fsp3) is 0.381. The molecule has 2 aromatic carbocycles. The summed E-state index contributed by atoms with van der Waals surface area (Å²) in [6.07, 6.45) is 2.32. The summed E-state index contributed by atoms with van der Waals surface area (Å²) >= 11 is 0. The minimum atomic E-state index is -0.385. The number of carbonyl (C=O) groups excluding carboxylic acids is 1. The van der Waals surface area contributed by atoms with E-state index in [1.54, 1.807) is 12.1 Å². The maximum atomic E-state index is 14.2. The van der Waals surface area contributed by atoms with Crippen LogP contribution in [0.15, 0.2) is 54.6 Å². The van der Waals surface area contributed by atoms with Crippen molar-refractivity contribution < 1.29 is 9.18 Å². The second-order valence-electron chi connectivity index (χ2n) is 7.18. The number of hydrogen-bond acceptors (Lipinski definition) is 3. The molecule has 1 amide bonds. The first-order valence-corrected chi connectivity index (χ1v) is 9.25. The molecule has 2 N–H and O–H groups in total. The van der Waals surface area contributed by atoms with Crippen LogP contribution in [0.5, 0.6) is 0 Å². The number of nitrogens with zero attached hydrogens (tertiary/aromatic N) is 1. The van der Waals surface area contributed by atoms with Crippen molar-refractivity contribution in [1.29, 1.82) is 0 Å². The molecule has 0 aromatic heterocycles. The molecule has 136 valence electrons. The quantitative estimate of drug-likeness (QED) is 0.887. The Morgan fingerprint density at radius 3 is 2.46 bits per heavy atom. The Balaban J connectivity index is 1.61. The van der Waals surface area contributed by atoms with Crippen LogP contribution < -0.4 is 10.6 Å². The molecule has 0 saturated carbocycles. The molecule has 2 heterocycles. The molecule has 4 nitrogen and oxygen atoms in total. The number of hydrogen-bond donors (Lipinski definition) is 2. The molecule has 2 fully saturated rings. The standard InChI is InChI=1S/C21H24FN3O/c22-18-9-5-4-8-17(18)15-25-20(26)19(14-16-6-2-1-3-7-16)24-21(25)10-12-23-13-11-21/h1-9,19,23-24H,10-15H2. The molecule has 0 aliphatic carbocycles. The number of amides is 1. The van der Waals surface area contributed by atoms with Gasteiger partial charge in [-0.25, -0.2) is 4.39 Å². The van der Waals surface area contributed by atoms with Gasteiger partial charge in [0.1, 0.15) is 5.82 Å². The summed E-state index contributed by atoms with van der Waals surface area (Å²) in [6, 6.07) is 16.5. The lowest BCUT2D eigenvalue weighted by Gasteiger charge is -2.41. The summed E-state index contributed by atoms with van der Waals surface area (Å²) in [7, 11) is 0. The van der Waals surface area contributed by atoms with Gasteiger partial charge in [-0.3, -0.25) is 10.1 Å². The Bertz CT molecular complexity index is 774. The summed E-state index contributed by atoms with van der Waals surface area (Å²) < 4.78 is 14.2. The van der Waals surface area contributed by atoms with Crippen molar-refractivity contribution in [3.63, 3.8) is 0 Å². The van der Waals surface area contributed by atoms with E-state index >= 15 is 0 Å². The highest BCUT2D eigenvalue weighted by Gasteiger charge is 2.50. The van der Waals surface area contributed by atoms with Gasteiger partial charge in [0.05, 0.1) is 18.2 Å². The van der Waals surface area contributed by atoms with Gasteiger partial charge in [0.2, 0.25) is 5.91 Å². The lowest BCUT2D eigenvalue weighted by atomic mass is 9.96. The van der Waals surface area contributed by atoms with Crippen LogP contribution in [0.3, 0.4) is 0 Å². The van der Waals surface area contributed by atoms with Crippen LogP contribution in [-0.2, 0) is 17.8 Å². The highest BCUT2D eigenvalue weighted by Crippen LogP contribution is 2.33. The zero-order chi connectivity index (χ0) is 18.0. The lowest BCUT2D eigenvalue weighted by Crippen LogP contribution is -2.58. The average Bonchev–Trinajstić information content (AvgIpc) is 2.90. The van der Waals surface area contributed by atoms with Crippen LogP contribution in [0.2, 0.25) is 0 Å². The SMILES string of the molecule is O=C1C(Cc2ccccc2)NC2(CCNCC2)N1Cc1ccccc1F. The Morgan fingerprint density at radius 1 is 1.04 bits per heavy atom. The predicted octanol–water partition coefficient (Wildman–Crippen LogP) is 2.45. The monoisotopic (exact) mass is 353 g/mol. The van der Waals surface area contributed by atoms with Crippen LogP contribution in [-0.4, -0.2) is 35.6 Å². The van der Waals surface area contributed by atoms with E-state index in [0.29, 0.717) is 18.5 Å². The zero-order valence-electron chi connectivity index (χ0n) is 14.7. The number of piperidine rings is 1. The van der Waals surface area contributed by atoms with E-state index < -0.39 is 0 Å². The van der Waals surface area contributed by atoms with E-state index in [9.17, 15) is 9.18 Å². The highest BCUT2D eigenvalue weighted by atomic mass is 19.1. The van der Waals surface area contributed by atoms with E-state index in [0.717, 1.165) is 31.5 Å². The van der Waals surface area contributed by atoms with Crippen LogP contribution in [0.4, 0.5) is 4.39 Å². The van der Waals surface area contributed by atoms with Crippen molar-refractivity contribution in [2.24, 2.45) is 0 Å². The van der Waals surface area contributed by atoms with Crippen molar-refractivity contribution in [3.05, 3.63) is 71.5 Å². The number of halogens is 1. The molecule has 0 bridgehead atoms. The molecule has 1 unspecified atom stereocenters. The van der Waals surface area contributed by atoms with Gasteiger partial charge < -0.3 is 10.2 Å². The smallest absolute Gasteiger partial charge is 0.241 e. The number of rotatable bonds is 4. The number of nitrogens with one attached hydrogen (secondary N) is 2. The van der Waals surface area contributed by atoms with Gasteiger partial charge in [-0.2, -0.15) is 0 Å². The van der Waals surface area contributed by atoms with E-state index in [-0.39, 0.29) is 23.4 Å². The third kappa shape index (κ3) is 3.24. The van der Waals surface area contributed by atoms with Crippen LogP contribution in [0.25, 0.3) is 0 Å². The Labute approximate surface area is 153 Å². The first-order valence-electron chi connectivity index (χ1n) is 9.25. The van der Waals surface area contributed by atoms with E-state index in [4.69, 9.17) is 0 Å². The fourth-order valence-corrected chi connectivity index (χ4v) is 4.13. The molecule has 1 spiro atoms. The van der Waals surface area contributed by atoms with Gasteiger partial charge in [-0.15, -0.1) is 0 Å². The topological polar surface area (TPSA) is 44.4 Å². The number of benzene rings is 2. The largest absolute Gasteiger partial charge is 0.319 e. The van der Waals surface area contributed by atoms with E-state index in [1.807, 2.05) is 41.3 Å². The minimum Gasteiger partial charge on any atom is -0.319 e. The molecular formula is C21H24FN3O. The summed E-state index contributed by atoms with van der Waals surface area (Å²) in [4.78, 5) is 15.1. The Morgan fingerprint density at radius 2 is 1.73 bits per heavy atom. The van der Waals surface area contributed by atoms with E-state index in [2.05, 4.69) is 10.6 Å². The normalized spacial score (nSPS) is 22.1. The second kappa shape index (κ2) is 7.17. The average molecular weight is 353 g/mol. The van der Waals surface area contributed by atoms with E-state index in [1.165, 1.54) is 6.07 Å². The van der Waals surface area contributed by atoms with Crippen molar-refractivity contribution in [1.82, 2.24) is 15.5 Å². The summed E-state index contributed by atoms with van der Waals surface area (Å²) in [5, 5.41) is 6.97. The number of carbonyl (C=O) groups is 1. The maximum absolute atomic E-state index is 14.2. The summed E-state index contributed by atoms with van der Waals surface area (Å²) in [5.74, 6) is -0.185. The van der Waals surface area contributed by atoms with Gasteiger partial charge in [0.15, 0.2) is 0 Å². The maximum Gasteiger partial charge on any atom is 0.241 e. The van der Waals surface area contributed by atoms with Gasteiger partial charge in [-0.1, -0.05) is 48.5 Å². The molecule has 4 rings (SSSR count). The molecule has 2 saturated heterocycles. The van der Waals surface area contributed by atoms with Crippen molar-refractivity contribution in [2.45, 2.75) is 37.5 Å². The van der Waals surface area contributed by atoms with Crippen molar-refractivity contribution in [2.75, 3.05) is 13.1 Å². The lowest BCUT2D eigenvalue weighted by molar-refractivity contribution is -0.133. The molecule has 2 aliphatic heterocycles. The molecule has 26 heavy (non-hydrogen) atoms. The van der Waals surface area contributed by atoms with Gasteiger partial charge in [0.25, 0.3) is 0 Å². The Hall–Kier alpha value is -2.24.